The van der Waals surface area contributed by atoms with Gasteiger partial charge in [-0.3, -0.25) is 9.52 Å². The molecular formula is C20H23FN2O3S. The third-order valence-electron chi connectivity index (χ3n) is 4.69. The summed E-state index contributed by atoms with van der Waals surface area (Å²) in [6.07, 6.45) is 2.92. The van der Waals surface area contributed by atoms with E-state index in [0.29, 0.717) is 30.6 Å². The summed E-state index contributed by atoms with van der Waals surface area (Å²) in [5.41, 5.74) is 2.57. The Labute approximate surface area is 159 Å². The van der Waals surface area contributed by atoms with Crippen molar-refractivity contribution in [3.63, 3.8) is 0 Å². The minimum absolute atomic E-state index is 0.0429. The van der Waals surface area contributed by atoms with Gasteiger partial charge in [0.15, 0.2) is 0 Å². The van der Waals surface area contributed by atoms with Gasteiger partial charge in [-0.05, 0) is 67.3 Å². The molecule has 2 aromatic rings. The SMILES string of the molecule is CCCCN1C(=O)CCc2cc(NS(=O)(=O)c3ccc(F)cc3C)ccc21. The fraction of sp³-hybridized carbons (Fsp3) is 0.350. The number of hydrogen-bond acceptors (Lipinski definition) is 3. The summed E-state index contributed by atoms with van der Waals surface area (Å²) < 4.78 is 41.1. The van der Waals surface area contributed by atoms with Crippen LogP contribution in [0.2, 0.25) is 0 Å². The van der Waals surface area contributed by atoms with Crippen molar-refractivity contribution in [3.05, 3.63) is 53.3 Å². The molecule has 0 spiro atoms. The van der Waals surface area contributed by atoms with E-state index in [1.54, 1.807) is 30.0 Å². The lowest BCUT2D eigenvalue weighted by Gasteiger charge is -2.30. The Hall–Kier alpha value is -2.41. The number of benzene rings is 2. The molecule has 3 rings (SSSR count). The van der Waals surface area contributed by atoms with Gasteiger partial charge in [-0.25, -0.2) is 12.8 Å². The summed E-state index contributed by atoms with van der Waals surface area (Å²) >= 11 is 0. The van der Waals surface area contributed by atoms with E-state index < -0.39 is 15.8 Å². The average Bonchev–Trinajstić information content (AvgIpc) is 2.60. The molecule has 0 saturated carbocycles. The molecule has 27 heavy (non-hydrogen) atoms. The number of nitrogens with one attached hydrogen (secondary N) is 1. The van der Waals surface area contributed by atoms with Crippen LogP contribution >= 0.6 is 0 Å². The van der Waals surface area contributed by atoms with Crippen molar-refractivity contribution in [2.24, 2.45) is 0 Å². The monoisotopic (exact) mass is 390 g/mol. The number of anilines is 2. The second-order valence-electron chi connectivity index (χ2n) is 6.76. The number of fused-ring (bicyclic) bond motifs is 1. The molecule has 1 aliphatic rings. The first-order valence-electron chi connectivity index (χ1n) is 9.04. The molecule has 1 N–H and O–H groups in total. The number of sulfonamides is 1. The van der Waals surface area contributed by atoms with E-state index in [2.05, 4.69) is 11.6 Å². The molecular weight excluding hydrogens is 367 g/mol. The number of hydrogen-bond donors (Lipinski definition) is 1. The minimum Gasteiger partial charge on any atom is -0.312 e. The quantitative estimate of drug-likeness (QED) is 0.810. The number of aryl methyl sites for hydroxylation is 2. The minimum atomic E-state index is -3.82. The van der Waals surface area contributed by atoms with Gasteiger partial charge in [0, 0.05) is 24.3 Å². The van der Waals surface area contributed by atoms with Crippen LogP contribution in [0.4, 0.5) is 15.8 Å². The number of carbonyl (C=O) groups excluding carboxylic acids is 1. The molecule has 1 heterocycles. The molecule has 7 heteroatoms. The van der Waals surface area contributed by atoms with E-state index >= 15 is 0 Å². The number of rotatable bonds is 6. The van der Waals surface area contributed by atoms with E-state index in [0.717, 1.165) is 30.2 Å². The molecule has 1 aliphatic heterocycles. The second-order valence-corrected chi connectivity index (χ2v) is 8.41. The van der Waals surface area contributed by atoms with E-state index in [1.807, 2.05) is 0 Å². The summed E-state index contributed by atoms with van der Waals surface area (Å²) in [4.78, 5) is 14.0. The highest BCUT2D eigenvalue weighted by Crippen LogP contribution is 2.31. The zero-order valence-electron chi connectivity index (χ0n) is 15.5. The lowest BCUT2D eigenvalue weighted by atomic mass is 10.00. The Morgan fingerprint density at radius 1 is 1.15 bits per heavy atom. The number of carbonyl (C=O) groups is 1. The molecule has 0 aliphatic carbocycles. The van der Waals surface area contributed by atoms with Crippen LogP contribution in [0.3, 0.4) is 0 Å². The van der Waals surface area contributed by atoms with Gasteiger partial charge in [0.25, 0.3) is 10.0 Å². The molecule has 0 unspecified atom stereocenters. The second kappa shape index (κ2) is 7.68. The maximum Gasteiger partial charge on any atom is 0.262 e. The van der Waals surface area contributed by atoms with Crippen LogP contribution in [0.5, 0.6) is 0 Å². The predicted molar refractivity (Wildman–Crippen MR) is 104 cm³/mol. The van der Waals surface area contributed by atoms with Crippen molar-refractivity contribution in [2.45, 2.75) is 44.4 Å². The zero-order valence-corrected chi connectivity index (χ0v) is 16.3. The Morgan fingerprint density at radius 2 is 1.93 bits per heavy atom. The number of unbranched alkanes of at least 4 members (excludes halogenated alkanes) is 1. The first kappa shape index (κ1) is 19.4. The van der Waals surface area contributed by atoms with Gasteiger partial charge >= 0.3 is 0 Å². The molecule has 0 radical (unpaired) electrons. The highest BCUT2D eigenvalue weighted by atomic mass is 32.2. The van der Waals surface area contributed by atoms with Crippen molar-refractivity contribution in [2.75, 3.05) is 16.2 Å². The highest BCUT2D eigenvalue weighted by molar-refractivity contribution is 7.92. The first-order chi connectivity index (χ1) is 12.8. The summed E-state index contributed by atoms with van der Waals surface area (Å²) in [6.45, 7) is 4.30. The molecule has 0 saturated heterocycles. The maximum atomic E-state index is 13.3. The van der Waals surface area contributed by atoms with Gasteiger partial charge in [0.1, 0.15) is 5.82 Å². The number of halogens is 1. The molecule has 5 nitrogen and oxygen atoms in total. The van der Waals surface area contributed by atoms with Crippen LogP contribution in [0.15, 0.2) is 41.3 Å². The average molecular weight is 390 g/mol. The van der Waals surface area contributed by atoms with Crippen molar-refractivity contribution < 1.29 is 17.6 Å². The topological polar surface area (TPSA) is 66.5 Å². The molecule has 0 atom stereocenters. The van der Waals surface area contributed by atoms with Gasteiger partial charge in [-0.15, -0.1) is 0 Å². The van der Waals surface area contributed by atoms with Gasteiger partial charge in [0.05, 0.1) is 4.90 Å². The van der Waals surface area contributed by atoms with Crippen LogP contribution in [0.25, 0.3) is 0 Å². The van der Waals surface area contributed by atoms with E-state index in [9.17, 15) is 17.6 Å². The van der Waals surface area contributed by atoms with Crippen LogP contribution in [-0.4, -0.2) is 20.9 Å². The molecule has 2 aromatic carbocycles. The normalized spacial score (nSPS) is 14.2. The number of amides is 1. The van der Waals surface area contributed by atoms with Crippen molar-refractivity contribution >= 4 is 27.3 Å². The van der Waals surface area contributed by atoms with Gasteiger partial charge in [0.2, 0.25) is 5.91 Å². The Bertz CT molecular complexity index is 973. The molecule has 0 bridgehead atoms. The lowest BCUT2D eigenvalue weighted by molar-refractivity contribution is -0.118. The number of nitrogens with zero attached hydrogens (tertiary/aromatic N) is 1. The van der Waals surface area contributed by atoms with Crippen molar-refractivity contribution in [1.82, 2.24) is 0 Å². The summed E-state index contributed by atoms with van der Waals surface area (Å²) in [5, 5.41) is 0. The molecule has 144 valence electrons. The lowest BCUT2D eigenvalue weighted by Crippen LogP contribution is -2.35. The molecule has 0 aromatic heterocycles. The van der Waals surface area contributed by atoms with E-state index in [1.165, 1.54) is 12.1 Å². The predicted octanol–water partition coefficient (Wildman–Crippen LogP) is 4.01. The fourth-order valence-electron chi connectivity index (χ4n) is 3.31. The van der Waals surface area contributed by atoms with Crippen LogP contribution < -0.4 is 9.62 Å². The van der Waals surface area contributed by atoms with Crippen LogP contribution in [0.1, 0.15) is 37.3 Å². The third-order valence-corrected chi connectivity index (χ3v) is 6.24. The van der Waals surface area contributed by atoms with Crippen LogP contribution in [0, 0.1) is 12.7 Å². The summed E-state index contributed by atoms with van der Waals surface area (Å²) in [7, 11) is -3.82. The summed E-state index contributed by atoms with van der Waals surface area (Å²) in [5.74, 6) is -0.372. The Kier molecular flexibility index (Phi) is 5.51. The maximum absolute atomic E-state index is 13.3. The Morgan fingerprint density at radius 3 is 2.63 bits per heavy atom. The van der Waals surface area contributed by atoms with E-state index in [-0.39, 0.29) is 10.8 Å². The smallest absolute Gasteiger partial charge is 0.262 e. The Balaban J connectivity index is 1.88. The first-order valence-corrected chi connectivity index (χ1v) is 10.5. The third kappa shape index (κ3) is 4.13. The highest BCUT2D eigenvalue weighted by Gasteiger charge is 2.24. The van der Waals surface area contributed by atoms with Crippen molar-refractivity contribution in [1.29, 1.82) is 0 Å². The largest absolute Gasteiger partial charge is 0.312 e. The fourth-order valence-corrected chi connectivity index (χ4v) is 4.59. The van der Waals surface area contributed by atoms with Crippen molar-refractivity contribution in [3.8, 4) is 0 Å². The van der Waals surface area contributed by atoms with Gasteiger partial charge in [-0.1, -0.05) is 13.3 Å². The standard InChI is InChI=1S/C20H23FN2O3S/c1-3-4-11-23-18-8-7-17(13-15(18)5-10-20(23)24)22-27(25,26)19-9-6-16(21)12-14(19)2/h6-9,12-13,22H,3-5,10-11H2,1-2H3. The zero-order chi connectivity index (χ0) is 19.6. The van der Waals surface area contributed by atoms with Gasteiger partial charge in [-0.2, -0.15) is 0 Å². The molecule has 1 amide bonds. The van der Waals surface area contributed by atoms with E-state index in [4.69, 9.17) is 0 Å². The van der Waals surface area contributed by atoms with Crippen LogP contribution in [-0.2, 0) is 21.2 Å². The summed E-state index contributed by atoms with van der Waals surface area (Å²) in [6, 6.07) is 8.81. The van der Waals surface area contributed by atoms with Gasteiger partial charge < -0.3 is 4.90 Å². The molecule has 0 fully saturated rings.